The monoisotopic (exact) mass is 425 g/mol. The number of carbonyl (C=O) groups is 3. The fraction of sp³-hybridized carbons (Fsp3) is 0.600. The molecule has 2 rings (SSSR count). The first-order valence-electron chi connectivity index (χ1n) is 10.2. The average molecular weight is 425 g/mol. The van der Waals surface area contributed by atoms with Crippen LogP contribution in [0.4, 0.5) is 10.2 Å². The van der Waals surface area contributed by atoms with Crippen LogP contribution in [0.1, 0.15) is 45.4 Å². The SMILES string of the molecule is CCCCC(CN(O)C=O)C(=O)N1CCCCC1C(=O)Nc1ccc(F)c[n+]1OC. The normalized spacial score (nSPS) is 17.2. The number of unbranched alkanes of at least 4 members (excludes halogenated alkanes) is 1. The predicted octanol–water partition coefficient (Wildman–Crippen LogP) is 1.15. The number of rotatable bonds is 10. The van der Waals surface area contributed by atoms with Gasteiger partial charge in [-0.2, -0.15) is 0 Å². The molecule has 0 aliphatic carbocycles. The van der Waals surface area contributed by atoms with Gasteiger partial charge in [0.1, 0.15) is 13.2 Å². The van der Waals surface area contributed by atoms with Crippen molar-refractivity contribution in [2.75, 3.05) is 25.5 Å². The van der Waals surface area contributed by atoms with Crippen LogP contribution in [0, 0.1) is 11.7 Å². The minimum absolute atomic E-state index is 0.116. The summed E-state index contributed by atoms with van der Waals surface area (Å²) >= 11 is 0. The zero-order valence-corrected chi connectivity index (χ0v) is 17.4. The van der Waals surface area contributed by atoms with Crippen molar-refractivity contribution in [2.24, 2.45) is 5.92 Å². The van der Waals surface area contributed by atoms with Crippen molar-refractivity contribution in [2.45, 2.75) is 51.5 Å². The molecule has 0 saturated carbocycles. The third-order valence-corrected chi connectivity index (χ3v) is 5.20. The van der Waals surface area contributed by atoms with Gasteiger partial charge in [-0.05, 0) is 36.5 Å². The Morgan fingerprint density at radius 3 is 2.90 bits per heavy atom. The molecule has 30 heavy (non-hydrogen) atoms. The number of hydroxylamine groups is 2. The minimum atomic E-state index is -0.700. The summed E-state index contributed by atoms with van der Waals surface area (Å²) in [4.78, 5) is 43.6. The third kappa shape index (κ3) is 6.12. The predicted molar refractivity (Wildman–Crippen MR) is 105 cm³/mol. The summed E-state index contributed by atoms with van der Waals surface area (Å²) in [7, 11) is 1.34. The minimum Gasteiger partial charge on any atom is -0.339 e. The molecular formula is C20H30FN4O5+. The van der Waals surface area contributed by atoms with Gasteiger partial charge in [0, 0.05) is 12.6 Å². The highest BCUT2D eigenvalue weighted by Crippen LogP contribution is 2.23. The number of aromatic nitrogens is 1. The molecule has 0 bridgehead atoms. The Hall–Kier alpha value is -2.75. The van der Waals surface area contributed by atoms with E-state index in [0.29, 0.717) is 24.4 Å². The number of carbonyl (C=O) groups excluding carboxylic acids is 3. The van der Waals surface area contributed by atoms with E-state index in [0.717, 1.165) is 36.6 Å². The number of likely N-dealkylation sites (tertiary alicyclic amines) is 1. The highest BCUT2D eigenvalue weighted by molar-refractivity contribution is 5.96. The summed E-state index contributed by atoms with van der Waals surface area (Å²) in [6.45, 7) is 2.29. The Morgan fingerprint density at radius 2 is 2.23 bits per heavy atom. The number of amides is 3. The second-order valence-corrected chi connectivity index (χ2v) is 7.34. The lowest BCUT2D eigenvalue weighted by atomic mass is 9.95. The van der Waals surface area contributed by atoms with Crippen molar-refractivity contribution in [3.8, 4) is 0 Å². The lowest BCUT2D eigenvalue weighted by Crippen LogP contribution is -2.54. The molecule has 9 nitrogen and oxygen atoms in total. The van der Waals surface area contributed by atoms with Crippen LogP contribution in [-0.2, 0) is 14.4 Å². The topological polar surface area (TPSA) is 103 Å². The molecule has 1 aliphatic rings. The summed E-state index contributed by atoms with van der Waals surface area (Å²) in [6, 6.07) is 1.88. The van der Waals surface area contributed by atoms with Crippen LogP contribution in [0.3, 0.4) is 0 Å². The molecule has 2 N–H and O–H groups in total. The standard InChI is InChI=1S/C20H29FN4O5/c1-3-4-7-15(12-23(29)14-26)20(28)24-11-6-5-8-17(24)19(27)22-18-10-9-16(21)13-25(18)30-2/h9-10,13-15,17,29H,3-8,11-12H2,1-2H3/p+1. The Bertz CT molecular complexity index is 748. The van der Waals surface area contributed by atoms with E-state index in [1.54, 1.807) is 0 Å². The summed E-state index contributed by atoms with van der Waals surface area (Å²) in [6.07, 6.45) is 5.53. The van der Waals surface area contributed by atoms with Gasteiger partial charge in [0.25, 0.3) is 0 Å². The smallest absolute Gasteiger partial charge is 0.330 e. The summed E-state index contributed by atoms with van der Waals surface area (Å²) in [5.74, 6) is -1.53. The van der Waals surface area contributed by atoms with E-state index in [2.05, 4.69) is 5.32 Å². The molecular weight excluding hydrogens is 395 g/mol. The molecule has 2 atom stereocenters. The molecule has 1 saturated heterocycles. The maximum atomic E-state index is 13.4. The van der Waals surface area contributed by atoms with E-state index in [4.69, 9.17) is 4.84 Å². The van der Waals surface area contributed by atoms with Crippen molar-refractivity contribution in [1.82, 2.24) is 9.96 Å². The van der Waals surface area contributed by atoms with Gasteiger partial charge in [-0.25, -0.2) is 19.6 Å². The van der Waals surface area contributed by atoms with Crippen LogP contribution < -0.4 is 14.9 Å². The molecule has 1 aliphatic heterocycles. The van der Waals surface area contributed by atoms with Gasteiger partial charge in [-0.1, -0.05) is 19.8 Å². The number of hydrogen-bond acceptors (Lipinski definition) is 5. The van der Waals surface area contributed by atoms with E-state index in [-0.39, 0.29) is 24.7 Å². The van der Waals surface area contributed by atoms with Crippen LogP contribution in [0.5, 0.6) is 0 Å². The number of hydrogen-bond donors (Lipinski definition) is 2. The van der Waals surface area contributed by atoms with Gasteiger partial charge in [-0.3, -0.25) is 14.8 Å². The molecule has 0 radical (unpaired) electrons. The van der Waals surface area contributed by atoms with Crippen LogP contribution in [0.25, 0.3) is 0 Å². The highest BCUT2D eigenvalue weighted by Gasteiger charge is 2.38. The molecule has 1 aromatic heterocycles. The number of nitrogens with zero attached hydrogens (tertiary/aromatic N) is 3. The van der Waals surface area contributed by atoms with Crippen molar-refractivity contribution in [1.29, 1.82) is 0 Å². The number of pyridine rings is 1. The average Bonchev–Trinajstić information content (AvgIpc) is 2.76. The van der Waals surface area contributed by atoms with E-state index in [1.807, 2.05) is 6.92 Å². The fourth-order valence-corrected chi connectivity index (χ4v) is 3.63. The highest BCUT2D eigenvalue weighted by atomic mass is 19.1. The van der Waals surface area contributed by atoms with Crippen LogP contribution in [-0.4, -0.2) is 59.6 Å². The van der Waals surface area contributed by atoms with Crippen molar-refractivity contribution < 1.29 is 33.5 Å². The van der Waals surface area contributed by atoms with E-state index in [1.165, 1.54) is 24.1 Å². The Kier molecular flexibility index (Phi) is 8.97. The zero-order chi connectivity index (χ0) is 22.1. The molecule has 0 spiro atoms. The molecule has 1 fully saturated rings. The Morgan fingerprint density at radius 1 is 1.47 bits per heavy atom. The third-order valence-electron chi connectivity index (χ3n) is 5.20. The molecule has 2 heterocycles. The Labute approximate surface area is 175 Å². The van der Waals surface area contributed by atoms with Crippen LogP contribution >= 0.6 is 0 Å². The van der Waals surface area contributed by atoms with Gasteiger partial charge >= 0.3 is 11.7 Å². The van der Waals surface area contributed by atoms with Gasteiger partial charge in [0.15, 0.2) is 12.0 Å². The maximum Gasteiger partial charge on any atom is 0.330 e. The molecule has 0 aromatic carbocycles. The first kappa shape index (κ1) is 23.5. The zero-order valence-electron chi connectivity index (χ0n) is 17.4. The van der Waals surface area contributed by atoms with E-state index in [9.17, 15) is 24.0 Å². The molecule has 2 unspecified atom stereocenters. The number of piperidine rings is 1. The first-order valence-corrected chi connectivity index (χ1v) is 10.2. The molecule has 166 valence electrons. The second-order valence-electron chi connectivity index (χ2n) is 7.34. The lowest BCUT2D eigenvalue weighted by molar-refractivity contribution is -0.875. The number of nitrogens with one attached hydrogen (secondary N) is 1. The van der Waals surface area contributed by atoms with Gasteiger partial charge in [0.2, 0.25) is 12.3 Å². The van der Waals surface area contributed by atoms with Gasteiger partial charge in [0.05, 0.1) is 12.5 Å². The van der Waals surface area contributed by atoms with Crippen molar-refractivity contribution in [3.05, 3.63) is 24.1 Å². The van der Waals surface area contributed by atoms with Crippen molar-refractivity contribution >= 4 is 24.0 Å². The van der Waals surface area contributed by atoms with Gasteiger partial charge < -0.3 is 9.74 Å². The lowest BCUT2D eigenvalue weighted by Gasteiger charge is -2.36. The number of halogens is 1. The largest absolute Gasteiger partial charge is 0.339 e. The molecule has 10 heteroatoms. The van der Waals surface area contributed by atoms with Crippen LogP contribution in [0.15, 0.2) is 18.3 Å². The summed E-state index contributed by atoms with van der Waals surface area (Å²) < 4.78 is 14.5. The number of anilines is 1. The van der Waals surface area contributed by atoms with Crippen LogP contribution in [0.2, 0.25) is 0 Å². The molecule has 1 aromatic rings. The van der Waals surface area contributed by atoms with Gasteiger partial charge in [-0.15, -0.1) is 0 Å². The second kappa shape index (κ2) is 11.4. The summed E-state index contributed by atoms with van der Waals surface area (Å²) in [5, 5.41) is 12.8. The quantitative estimate of drug-likeness (QED) is 0.253. The van der Waals surface area contributed by atoms with Crippen molar-refractivity contribution in [3.63, 3.8) is 0 Å². The van der Waals surface area contributed by atoms with E-state index < -0.39 is 23.7 Å². The van der Waals surface area contributed by atoms with E-state index >= 15 is 0 Å². The Balaban J connectivity index is 2.18. The maximum absolute atomic E-state index is 13.4. The summed E-state index contributed by atoms with van der Waals surface area (Å²) in [5.41, 5.74) is 0. The molecule has 3 amide bonds. The fourth-order valence-electron chi connectivity index (χ4n) is 3.63. The first-order chi connectivity index (χ1) is 14.4.